The van der Waals surface area contributed by atoms with Gasteiger partial charge in [-0.1, -0.05) is 11.6 Å². The Balaban J connectivity index is 2.37. The number of ether oxygens (including phenoxy) is 1. The number of hydrogen-bond donors (Lipinski definition) is 0. The number of nitriles is 1. The van der Waals surface area contributed by atoms with E-state index in [9.17, 15) is 4.39 Å². The van der Waals surface area contributed by atoms with Crippen LogP contribution in [0, 0.1) is 17.1 Å². The van der Waals surface area contributed by atoms with Crippen LogP contribution in [-0.2, 0) is 0 Å². The minimum Gasteiger partial charge on any atom is -0.486 e. The molecule has 1 aliphatic carbocycles. The van der Waals surface area contributed by atoms with E-state index in [0.29, 0.717) is 5.75 Å². The molecule has 2 rings (SSSR count). The van der Waals surface area contributed by atoms with Crippen molar-refractivity contribution in [1.82, 2.24) is 0 Å². The zero-order valence-electron chi connectivity index (χ0n) is 8.18. The van der Waals surface area contributed by atoms with Crippen LogP contribution in [0.4, 0.5) is 4.39 Å². The maximum absolute atomic E-state index is 13.1. The molecule has 4 heteroatoms. The summed E-state index contributed by atoms with van der Waals surface area (Å²) >= 11 is 5.63. The van der Waals surface area contributed by atoms with Crippen LogP contribution in [0.3, 0.4) is 0 Å². The summed E-state index contributed by atoms with van der Waals surface area (Å²) in [4.78, 5) is 0. The van der Waals surface area contributed by atoms with Gasteiger partial charge in [0, 0.05) is 6.07 Å². The Hall–Kier alpha value is -1.27. The van der Waals surface area contributed by atoms with Crippen LogP contribution < -0.4 is 4.74 Å². The summed E-state index contributed by atoms with van der Waals surface area (Å²) in [6, 6.07) is 4.35. The highest BCUT2D eigenvalue weighted by Crippen LogP contribution is 2.41. The second-order valence-electron chi connectivity index (χ2n) is 3.93. The van der Waals surface area contributed by atoms with Gasteiger partial charge in [0.1, 0.15) is 23.2 Å². The largest absolute Gasteiger partial charge is 0.486 e. The summed E-state index contributed by atoms with van der Waals surface area (Å²) in [5.74, 6) is -0.231. The van der Waals surface area contributed by atoms with Gasteiger partial charge in [-0.05, 0) is 25.8 Å². The monoisotopic (exact) mass is 225 g/mol. The van der Waals surface area contributed by atoms with Crippen molar-refractivity contribution in [2.45, 2.75) is 25.4 Å². The molecule has 2 nitrogen and oxygen atoms in total. The standard InChI is InChI=1S/C11H9ClFNO/c1-11(2-3-11)15-10-5-8(12)9(13)4-7(10)6-14/h4-5H,2-3H2,1H3. The lowest BCUT2D eigenvalue weighted by Gasteiger charge is -2.14. The second kappa shape index (κ2) is 3.39. The van der Waals surface area contributed by atoms with Crippen molar-refractivity contribution in [3.8, 4) is 11.8 Å². The minimum atomic E-state index is -0.596. The predicted molar refractivity (Wildman–Crippen MR) is 54.4 cm³/mol. The van der Waals surface area contributed by atoms with Crippen LogP contribution in [0.25, 0.3) is 0 Å². The Kier molecular flexibility index (Phi) is 2.32. The molecular formula is C11H9ClFNO. The van der Waals surface area contributed by atoms with Crippen molar-refractivity contribution < 1.29 is 9.13 Å². The zero-order valence-corrected chi connectivity index (χ0v) is 8.94. The van der Waals surface area contributed by atoms with E-state index in [1.54, 1.807) is 0 Å². The Bertz CT molecular complexity index is 449. The van der Waals surface area contributed by atoms with E-state index in [-0.39, 0.29) is 16.2 Å². The lowest BCUT2D eigenvalue weighted by molar-refractivity contribution is 0.199. The van der Waals surface area contributed by atoms with E-state index in [4.69, 9.17) is 21.6 Å². The average Bonchev–Trinajstić information content (AvgIpc) is 2.89. The van der Waals surface area contributed by atoms with Crippen LogP contribution in [-0.4, -0.2) is 5.60 Å². The predicted octanol–water partition coefficient (Wildman–Crippen LogP) is 3.28. The van der Waals surface area contributed by atoms with Gasteiger partial charge < -0.3 is 4.74 Å². The fraction of sp³-hybridized carbons (Fsp3) is 0.364. The minimum absolute atomic E-state index is 0.0201. The first-order valence-electron chi connectivity index (χ1n) is 4.62. The molecule has 0 heterocycles. The first-order chi connectivity index (χ1) is 7.04. The lowest BCUT2D eigenvalue weighted by atomic mass is 10.2. The zero-order chi connectivity index (χ0) is 11.1. The van der Waals surface area contributed by atoms with Crippen molar-refractivity contribution in [1.29, 1.82) is 5.26 Å². The van der Waals surface area contributed by atoms with Crippen LogP contribution in [0.2, 0.25) is 5.02 Å². The number of hydrogen-bond acceptors (Lipinski definition) is 2. The van der Waals surface area contributed by atoms with E-state index < -0.39 is 5.82 Å². The molecule has 1 aliphatic rings. The molecule has 0 spiro atoms. The molecule has 0 amide bonds. The van der Waals surface area contributed by atoms with Gasteiger partial charge in [0.25, 0.3) is 0 Å². The first kappa shape index (κ1) is 10.3. The van der Waals surface area contributed by atoms with Crippen molar-refractivity contribution in [2.24, 2.45) is 0 Å². The van der Waals surface area contributed by atoms with Crippen LogP contribution in [0.1, 0.15) is 25.3 Å². The summed E-state index contributed by atoms with van der Waals surface area (Å²) in [6.07, 6.45) is 1.90. The molecule has 1 fully saturated rings. The van der Waals surface area contributed by atoms with Gasteiger partial charge in [0.15, 0.2) is 0 Å². The summed E-state index contributed by atoms with van der Waals surface area (Å²) < 4.78 is 18.7. The molecule has 0 bridgehead atoms. The molecule has 1 saturated carbocycles. The van der Waals surface area contributed by atoms with Gasteiger partial charge in [0.05, 0.1) is 10.6 Å². The Morgan fingerprint density at radius 1 is 1.53 bits per heavy atom. The van der Waals surface area contributed by atoms with Crippen molar-refractivity contribution in [3.05, 3.63) is 28.5 Å². The number of rotatable bonds is 2. The van der Waals surface area contributed by atoms with E-state index >= 15 is 0 Å². The fourth-order valence-electron chi connectivity index (χ4n) is 1.24. The van der Waals surface area contributed by atoms with Crippen molar-refractivity contribution in [3.63, 3.8) is 0 Å². The summed E-state index contributed by atoms with van der Waals surface area (Å²) in [5.41, 5.74) is -0.0164. The third-order valence-electron chi connectivity index (χ3n) is 2.45. The SMILES string of the molecule is CC1(Oc2cc(Cl)c(F)cc2C#N)CC1. The topological polar surface area (TPSA) is 33.0 Å². The molecule has 0 unspecified atom stereocenters. The summed E-state index contributed by atoms with van der Waals surface area (Å²) in [7, 11) is 0. The number of benzene rings is 1. The van der Waals surface area contributed by atoms with Gasteiger partial charge in [-0.3, -0.25) is 0 Å². The first-order valence-corrected chi connectivity index (χ1v) is 5.00. The van der Waals surface area contributed by atoms with Crippen LogP contribution in [0.15, 0.2) is 12.1 Å². The molecule has 0 aliphatic heterocycles. The van der Waals surface area contributed by atoms with E-state index in [2.05, 4.69) is 0 Å². The molecule has 0 aromatic heterocycles. The molecule has 1 aromatic rings. The molecule has 78 valence electrons. The second-order valence-corrected chi connectivity index (χ2v) is 4.33. The van der Waals surface area contributed by atoms with E-state index in [0.717, 1.165) is 18.9 Å². The van der Waals surface area contributed by atoms with E-state index in [1.165, 1.54) is 6.07 Å². The maximum atomic E-state index is 13.1. The molecule has 15 heavy (non-hydrogen) atoms. The highest BCUT2D eigenvalue weighted by Gasteiger charge is 2.40. The molecular weight excluding hydrogens is 217 g/mol. The fourth-order valence-corrected chi connectivity index (χ4v) is 1.40. The molecule has 0 saturated heterocycles. The number of nitrogens with zero attached hydrogens (tertiary/aromatic N) is 1. The Morgan fingerprint density at radius 2 is 2.20 bits per heavy atom. The Labute approximate surface area is 92.2 Å². The maximum Gasteiger partial charge on any atom is 0.143 e. The Morgan fingerprint density at radius 3 is 2.73 bits per heavy atom. The summed E-state index contributed by atoms with van der Waals surface area (Å²) in [6.45, 7) is 1.95. The molecule has 0 N–H and O–H groups in total. The van der Waals surface area contributed by atoms with Crippen molar-refractivity contribution >= 4 is 11.6 Å². The van der Waals surface area contributed by atoms with Gasteiger partial charge in [-0.15, -0.1) is 0 Å². The molecule has 1 aromatic carbocycles. The average molecular weight is 226 g/mol. The quantitative estimate of drug-likeness (QED) is 0.774. The van der Waals surface area contributed by atoms with Crippen LogP contribution in [0.5, 0.6) is 5.75 Å². The highest BCUT2D eigenvalue weighted by atomic mass is 35.5. The number of halogens is 2. The highest BCUT2D eigenvalue weighted by molar-refractivity contribution is 6.30. The van der Waals surface area contributed by atoms with Gasteiger partial charge in [-0.2, -0.15) is 5.26 Å². The molecule has 0 radical (unpaired) electrons. The van der Waals surface area contributed by atoms with Gasteiger partial charge >= 0.3 is 0 Å². The lowest BCUT2D eigenvalue weighted by Crippen LogP contribution is -2.13. The molecule has 0 atom stereocenters. The van der Waals surface area contributed by atoms with Crippen molar-refractivity contribution in [2.75, 3.05) is 0 Å². The van der Waals surface area contributed by atoms with E-state index in [1.807, 2.05) is 13.0 Å². The summed E-state index contributed by atoms with van der Waals surface area (Å²) in [5, 5.41) is 8.79. The van der Waals surface area contributed by atoms with Gasteiger partial charge in [0.2, 0.25) is 0 Å². The third kappa shape index (κ3) is 2.05. The third-order valence-corrected chi connectivity index (χ3v) is 2.74. The van der Waals surface area contributed by atoms with Crippen LogP contribution >= 0.6 is 11.6 Å². The van der Waals surface area contributed by atoms with Gasteiger partial charge in [-0.25, -0.2) is 4.39 Å². The normalized spacial score (nSPS) is 16.9. The smallest absolute Gasteiger partial charge is 0.143 e.